The second kappa shape index (κ2) is 5.48. The smallest absolute Gasteiger partial charge is 0.170 e. The third-order valence-electron chi connectivity index (χ3n) is 3.82. The van der Waals surface area contributed by atoms with Gasteiger partial charge in [0.15, 0.2) is 5.79 Å². The van der Waals surface area contributed by atoms with E-state index in [9.17, 15) is 4.39 Å². The van der Waals surface area contributed by atoms with E-state index in [4.69, 9.17) is 9.47 Å². The lowest BCUT2D eigenvalue weighted by molar-refractivity contribution is -0.185. The lowest BCUT2D eigenvalue weighted by atomic mass is 10.0. The van der Waals surface area contributed by atoms with Crippen molar-refractivity contribution in [3.05, 3.63) is 34.1 Å². The minimum Gasteiger partial charge on any atom is -0.347 e. The van der Waals surface area contributed by atoms with Crippen LogP contribution < -0.4 is 0 Å². The number of piperidine rings is 1. The van der Waals surface area contributed by atoms with Gasteiger partial charge in [-0.15, -0.1) is 0 Å². The van der Waals surface area contributed by atoms with E-state index in [0.717, 1.165) is 38.0 Å². The summed E-state index contributed by atoms with van der Waals surface area (Å²) in [6, 6.07) is 5.20. The summed E-state index contributed by atoms with van der Waals surface area (Å²) in [5, 5.41) is 0. The number of likely N-dealkylation sites (tertiary alicyclic amines) is 1. The zero-order chi connectivity index (χ0) is 13.3. The van der Waals surface area contributed by atoms with Gasteiger partial charge in [-0.2, -0.15) is 0 Å². The van der Waals surface area contributed by atoms with Crippen molar-refractivity contribution in [3.63, 3.8) is 0 Å². The highest BCUT2D eigenvalue weighted by atomic mass is 79.9. The van der Waals surface area contributed by atoms with Crippen LogP contribution in [0.1, 0.15) is 18.4 Å². The molecule has 2 fully saturated rings. The van der Waals surface area contributed by atoms with Crippen molar-refractivity contribution in [2.45, 2.75) is 25.2 Å². The Morgan fingerprint density at radius 1 is 1.21 bits per heavy atom. The quantitative estimate of drug-likeness (QED) is 0.832. The van der Waals surface area contributed by atoms with Crippen LogP contribution in [0.2, 0.25) is 0 Å². The van der Waals surface area contributed by atoms with Crippen LogP contribution in [0.4, 0.5) is 4.39 Å². The van der Waals surface area contributed by atoms with Gasteiger partial charge in [-0.3, -0.25) is 4.90 Å². The fourth-order valence-electron chi connectivity index (χ4n) is 2.73. The molecule has 104 valence electrons. The second-order valence-electron chi connectivity index (χ2n) is 5.13. The van der Waals surface area contributed by atoms with Gasteiger partial charge in [0.05, 0.1) is 17.7 Å². The molecule has 2 heterocycles. The molecule has 0 saturated carbocycles. The summed E-state index contributed by atoms with van der Waals surface area (Å²) in [4.78, 5) is 2.36. The van der Waals surface area contributed by atoms with E-state index in [1.165, 1.54) is 6.07 Å². The first kappa shape index (κ1) is 13.5. The third-order valence-corrected chi connectivity index (χ3v) is 4.43. The molecular weight excluding hydrogens is 313 g/mol. The molecule has 1 aromatic carbocycles. The molecule has 1 spiro atoms. The zero-order valence-corrected chi connectivity index (χ0v) is 12.3. The van der Waals surface area contributed by atoms with Gasteiger partial charge in [0, 0.05) is 32.5 Å². The highest BCUT2D eigenvalue weighted by Crippen LogP contribution is 2.31. The van der Waals surface area contributed by atoms with Gasteiger partial charge in [0.25, 0.3) is 0 Å². The molecule has 5 heteroatoms. The Morgan fingerprint density at radius 3 is 2.53 bits per heavy atom. The summed E-state index contributed by atoms with van der Waals surface area (Å²) in [7, 11) is 0. The maximum absolute atomic E-state index is 13.2. The lowest BCUT2D eigenvalue weighted by Crippen LogP contribution is -2.44. The van der Waals surface area contributed by atoms with E-state index in [-0.39, 0.29) is 11.6 Å². The number of hydrogen-bond donors (Lipinski definition) is 0. The molecule has 0 atom stereocenters. The maximum Gasteiger partial charge on any atom is 0.170 e. The number of ether oxygens (including phenoxy) is 2. The second-order valence-corrected chi connectivity index (χ2v) is 5.99. The van der Waals surface area contributed by atoms with E-state index >= 15 is 0 Å². The molecule has 0 aliphatic carbocycles. The van der Waals surface area contributed by atoms with Crippen LogP contribution in [0.25, 0.3) is 0 Å². The molecule has 2 saturated heterocycles. The predicted octanol–water partition coefficient (Wildman–Crippen LogP) is 2.93. The SMILES string of the molecule is Fc1ccc(CN2CCC3(CC2)OCCO3)cc1Br. The van der Waals surface area contributed by atoms with Crippen molar-refractivity contribution in [1.82, 2.24) is 4.90 Å². The van der Waals surface area contributed by atoms with Gasteiger partial charge in [0.2, 0.25) is 0 Å². The Morgan fingerprint density at radius 2 is 1.89 bits per heavy atom. The minimum atomic E-state index is -0.320. The van der Waals surface area contributed by atoms with Crippen molar-refractivity contribution in [3.8, 4) is 0 Å². The molecule has 3 rings (SSSR count). The van der Waals surface area contributed by atoms with Crippen LogP contribution in [0.5, 0.6) is 0 Å². The highest BCUT2D eigenvalue weighted by Gasteiger charge is 2.39. The normalized spacial score (nSPS) is 23.1. The molecule has 0 amide bonds. The summed E-state index contributed by atoms with van der Waals surface area (Å²) in [6.45, 7) is 4.18. The fraction of sp³-hybridized carbons (Fsp3) is 0.571. The Balaban J connectivity index is 1.58. The van der Waals surface area contributed by atoms with Crippen LogP contribution in [0, 0.1) is 5.82 Å². The van der Waals surface area contributed by atoms with E-state index < -0.39 is 0 Å². The van der Waals surface area contributed by atoms with E-state index in [1.54, 1.807) is 0 Å². The average Bonchev–Trinajstić information content (AvgIpc) is 2.86. The van der Waals surface area contributed by atoms with Crippen molar-refractivity contribution < 1.29 is 13.9 Å². The van der Waals surface area contributed by atoms with Gasteiger partial charge in [-0.1, -0.05) is 6.07 Å². The minimum absolute atomic E-state index is 0.214. The first-order valence-corrected chi connectivity index (χ1v) is 7.40. The van der Waals surface area contributed by atoms with Crippen molar-refractivity contribution >= 4 is 15.9 Å². The van der Waals surface area contributed by atoms with E-state index in [1.807, 2.05) is 12.1 Å². The number of nitrogens with zero attached hydrogens (tertiary/aromatic N) is 1. The number of rotatable bonds is 2. The maximum atomic E-state index is 13.2. The van der Waals surface area contributed by atoms with Gasteiger partial charge >= 0.3 is 0 Å². The molecule has 0 unspecified atom stereocenters. The van der Waals surface area contributed by atoms with Gasteiger partial charge < -0.3 is 9.47 Å². The Kier molecular flexibility index (Phi) is 3.89. The van der Waals surface area contributed by atoms with Crippen LogP contribution >= 0.6 is 15.9 Å². The monoisotopic (exact) mass is 329 g/mol. The molecule has 3 nitrogen and oxygen atoms in total. The number of hydrogen-bond acceptors (Lipinski definition) is 3. The van der Waals surface area contributed by atoms with Crippen LogP contribution in [0.15, 0.2) is 22.7 Å². The first-order valence-electron chi connectivity index (χ1n) is 6.61. The summed E-state index contributed by atoms with van der Waals surface area (Å²) in [6.07, 6.45) is 1.82. The summed E-state index contributed by atoms with van der Waals surface area (Å²) in [5.41, 5.74) is 1.12. The molecule has 2 aliphatic heterocycles. The largest absolute Gasteiger partial charge is 0.347 e. The Bertz CT molecular complexity index is 453. The molecule has 1 aromatic rings. The zero-order valence-electron chi connectivity index (χ0n) is 10.7. The Labute approximate surface area is 120 Å². The molecular formula is C14H17BrFNO2. The summed E-state index contributed by atoms with van der Waals surface area (Å²) >= 11 is 3.23. The fourth-order valence-corrected chi connectivity index (χ4v) is 3.16. The lowest BCUT2D eigenvalue weighted by Gasteiger charge is -2.37. The van der Waals surface area contributed by atoms with Crippen molar-refractivity contribution in [1.29, 1.82) is 0 Å². The predicted molar refractivity (Wildman–Crippen MR) is 73.2 cm³/mol. The Hall–Kier alpha value is -0.490. The molecule has 19 heavy (non-hydrogen) atoms. The first-order chi connectivity index (χ1) is 9.17. The highest BCUT2D eigenvalue weighted by molar-refractivity contribution is 9.10. The van der Waals surface area contributed by atoms with Crippen LogP contribution in [-0.4, -0.2) is 37.0 Å². The van der Waals surface area contributed by atoms with E-state index in [2.05, 4.69) is 20.8 Å². The topological polar surface area (TPSA) is 21.7 Å². The average molecular weight is 330 g/mol. The third kappa shape index (κ3) is 2.99. The molecule has 2 aliphatic rings. The molecule has 0 radical (unpaired) electrons. The standard InChI is InChI=1S/C14H17BrFNO2/c15-12-9-11(1-2-13(12)16)10-17-5-3-14(4-6-17)18-7-8-19-14/h1-2,9H,3-8,10H2. The number of halogens is 2. The molecule has 0 aromatic heterocycles. The van der Waals surface area contributed by atoms with Gasteiger partial charge in [-0.05, 0) is 33.6 Å². The van der Waals surface area contributed by atoms with Crippen molar-refractivity contribution in [2.75, 3.05) is 26.3 Å². The van der Waals surface area contributed by atoms with Crippen LogP contribution in [0.3, 0.4) is 0 Å². The van der Waals surface area contributed by atoms with Crippen molar-refractivity contribution in [2.24, 2.45) is 0 Å². The number of benzene rings is 1. The van der Waals surface area contributed by atoms with Gasteiger partial charge in [-0.25, -0.2) is 4.39 Å². The van der Waals surface area contributed by atoms with Gasteiger partial charge in [0.1, 0.15) is 5.82 Å². The molecule has 0 bridgehead atoms. The summed E-state index contributed by atoms with van der Waals surface area (Å²) in [5.74, 6) is -0.533. The summed E-state index contributed by atoms with van der Waals surface area (Å²) < 4.78 is 25.1. The van der Waals surface area contributed by atoms with Crippen LogP contribution in [-0.2, 0) is 16.0 Å². The van der Waals surface area contributed by atoms with E-state index in [0.29, 0.717) is 17.7 Å². The molecule has 0 N–H and O–H groups in total.